The summed E-state index contributed by atoms with van der Waals surface area (Å²) in [4.78, 5) is 20.9. The molecule has 2 aromatic heterocycles. The predicted molar refractivity (Wildman–Crippen MR) is 102 cm³/mol. The first kappa shape index (κ1) is 16.8. The number of hydrogen-bond donors (Lipinski definition) is 1. The Morgan fingerprint density at radius 1 is 1.19 bits per heavy atom. The minimum atomic E-state index is -0.0863. The molecule has 8 heteroatoms. The molecule has 0 radical (unpaired) electrons. The van der Waals surface area contributed by atoms with E-state index in [4.69, 9.17) is 11.6 Å². The molecule has 0 atom stereocenters. The Bertz CT molecular complexity index is 1100. The zero-order valence-electron chi connectivity index (χ0n) is 13.6. The van der Waals surface area contributed by atoms with Gasteiger partial charge in [0, 0.05) is 17.0 Å². The third-order valence-corrected chi connectivity index (χ3v) is 4.85. The molecule has 2 heterocycles. The van der Waals surface area contributed by atoms with Crippen LogP contribution in [0.2, 0.25) is 5.02 Å². The number of amides is 1. The summed E-state index contributed by atoms with van der Waals surface area (Å²) in [5, 5.41) is 9.37. The summed E-state index contributed by atoms with van der Waals surface area (Å²) in [5.41, 5.74) is 2.56. The summed E-state index contributed by atoms with van der Waals surface area (Å²) in [5.74, 6) is 0.153. The fourth-order valence-electron chi connectivity index (χ4n) is 2.55. The minimum Gasteiger partial charge on any atom is -0.351 e. The van der Waals surface area contributed by atoms with Crippen molar-refractivity contribution in [1.29, 1.82) is 0 Å². The first-order chi connectivity index (χ1) is 12.7. The van der Waals surface area contributed by atoms with Gasteiger partial charge in [-0.05, 0) is 29.8 Å². The molecule has 6 nitrogen and oxygen atoms in total. The van der Waals surface area contributed by atoms with Crippen LogP contribution in [0.1, 0.15) is 5.56 Å². The van der Waals surface area contributed by atoms with Crippen LogP contribution in [0.25, 0.3) is 16.6 Å². The topological polar surface area (TPSA) is 72.2 Å². The van der Waals surface area contributed by atoms with Gasteiger partial charge in [0.05, 0.1) is 11.3 Å². The SMILES string of the molecule is O=C(CSc1nc2c3ccccc3ncn2n1)NCc1cccc(Cl)c1. The van der Waals surface area contributed by atoms with Crippen molar-refractivity contribution in [2.75, 3.05) is 5.75 Å². The van der Waals surface area contributed by atoms with Crippen molar-refractivity contribution in [3.05, 3.63) is 65.4 Å². The number of fused-ring (bicyclic) bond motifs is 3. The maximum Gasteiger partial charge on any atom is 0.230 e. The fourth-order valence-corrected chi connectivity index (χ4v) is 3.42. The van der Waals surface area contributed by atoms with Crippen molar-refractivity contribution in [1.82, 2.24) is 24.9 Å². The van der Waals surface area contributed by atoms with E-state index in [1.165, 1.54) is 11.8 Å². The lowest BCUT2D eigenvalue weighted by atomic mass is 10.2. The van der Waals surface area contributed by atoms with Gasteiger partial charge < -0.3 is 5.32 Å². The number of thioether (sulfide) groups is 1. The quantitative estimate of drug-likeness (QED) is 0.535. The number of benzene rings is 2. The molecule has 0 unspecified atom stereocenters. The molecule has 0 aliphatic carbocycles. The first-order valence-corrected chi connectivity index (χ1v) is 9.29. The Morgan fingerprint density at radius 3 is 2.96 bits per heavy atom. The highest BCUT2D eigenvalue weighted by atomic mass is 35.5. The van der Waals surface area contributed by atoms with Crippen molar-refractivity contribution >= 4 is 45.8 Å². The zero-order valence-corrected chi connectivity index (χ0v) is 15.2. The van der Waals surface area contributed by atoms with Crippen LogP contribution < -0.4 is 5.32 Å². The van der Waals surface area contributed by atoms with E-state index in [9.17, 15) is 4.79 Å². The van der Waals surface area contributed by atoms with Crippen molar-refractivity contribution in [2.45, 2.75) is 11.7 Å². The largest absolute Gasteiger partial charge is 0.351 e. The highest BCUT2D eigenvalue weighted by Gasteiger charge is 2.10. The minimum absolute atomic E-state index is 0.0863. The van der Waals surface area contributed by atoms with Gasteiger partial charge in [-0.25, -0.2) is 14.5 Å². The van der Waals surface area contributed by atoms with Crippen LogP contribution in [0.15, 0.2) is 60.0 Å². The average Bonchev–Trinajstić information content (AvgIpc) is 3.08. The van der Waals surface area contributed by atoms with Gasteiger partial charge in [-0.2, -0.15) is 0 Å². The number of halogens is 1. The van der Waals surface area contributed by atoms with E-state index in [-0.39, 0.29) is 11.7 Å². The van der Waals surface area contributed by atoms with Crippen molar-refractivity contribution < 1.29 is 4.79 Å². The highest BCUT2D eigenvalue weighted by Crippen LogP contribution is 2.20. The predicted octanol–water partition coefficient (Wildman–Crippen LogP) is 3.34. The standard InChI is InChI=1S/C18H14ClN5OS/c19-13-5-3-4-12(8-13)9-20-16(25)10-26-18-22-17-14-6-1-2-7-15(14)21-11-24(17)23-18/h1-8,11H,9-10H2,(H,20,25). The van der Waals surface area contributed by atoms with Gasteiger partial charge in [-0.15, -0.1) is 5.10 Å². The monoisotopic (exact) mass is 383 g/mol. The molecule has 1 amide bonds. The van der Waals surface area contributed by atoms with E-state index in [2.05, 4.69) is 20.4 Å². The van der Waals surface area contributed by atoms with E-state index in [1.807, 2.05) is 42.5 Å². The average molecular weight is 384 g/mol. The second-order valence-electron chi connectivity index (χ2n) is 5.62. The summed E-state index contributed by atoms with van der Waals surface area (Å²) in [6.07, 6.45) is 1.63. The number of nitrogens with zero attached hydrogens (tertiary/aromatic N) is 4. The van der Waals surface area contributed by atoms with Crippen LogP contribution >= 0.6 is 23.4 Å². The van der Waals surface area contributed by atoms with Gasteiger partial charge in [0.2, 0.25) is 11.1 Å². The van der Waals surface area contributed by atoms with Crippen LogP contribution in [0.4, 0.5) is 0 Å². The Balaban J connectivity index is 1.41. The third kappa shape index (κ3) is 3.63. The molecule has 0 fully saturated rings. The molecular formula is C18H14ClN5OS. The number of para-hydroxylation sites is 1. The molecule has 2 aromatic carbocycles. The molecule has 0 saturated heterocycles. The van der Waals surface area contributed by atoms with Crippen molar-refractivity contribution in [2.24, 2.45) is 0 Å². The summed E-state index contributed by atoms with van der Waals surface area (Å²) in [6, 6.07) is 15.2. The van der Waals surface area contributed by atoms with E-state index in [0.717, 1.165) is 22.1 Å². The normalized spacial score (nSPS) is 11.1. The summed E-state index contributed by atoms with van der Waals surface area (Å²) >= 11 is 7.23. The van der Waals surface area contributed by atoms with Gasteiger partial charge in [0.1, 0.15) is 6.33 Å². The molecule has 1 N–H and O–H groups in total. The van der Waals surface area contributed by atoms with Crippen molar-refractivity contribution in [3.8, 4) is 0 Å². The number of nitrogens with one attached hydrogen (secondary N) is 1. The maximum atomic E-state index is 12.1. The fraction of sp³-hybridized carbons (Fsp3) is 0.111. The lowest BCUT2D eigenvalue weighted by Gasteiger charge is -2.04. The van der Waals surface area contributed by atoms with Gasteiger partial charge >= 0.3 is 0 Å². The molecule has 130 valence electrons. The lowest BCUT2D eigenvalue weighted by molar-refractivity contribution is -0.118. The lowest BCUT2D eigenvalue weighted by Crippen LogP contribution is -2.24. The first-order valence-electron chi connectivity index (χ1n) is 7.93. The van der Waals surface area contributed by atoms with E-state index in [0.29, 0.717) is 16.7 Å². The van der Waals surface area contributed by atoms with E-state index < -0.39 is 0 Å². The van der Waals surface area contributed by atoms with Gasteiger partial charge in [0.15, 0.2) is 5.65 Å². The molecule has 0 spiro atoms. The van der Waals surface area contributed by atoms with Crippen LogP contribution in [0, 0.1) is 0 Å². The van der Waals surface area contributed by atoms with Gasteiger partial charge in [-0.3, -0.25) is 4.79 Å². The van der Waals surface area contributed by atoms with E-state index >= 15 is 0 Å². The van der Waals surface area contributed by atoms with Gasteiger partial charge in [-0.1, -0.05) is 47.6 Å². The molecule has 4 rings (SSSR count). The van der Waals surface area contributed by atoms with Crippen LogP contribution in [-0.2, 0) is 11.3 Å². The Hall–Kier alpha value is -2.64. The second kappa shape index (κ2) is 7.31. The highest BCUT2D eigenvalue weighted by molar-refractivity contribution is 7.99. The molecule has 0 aliphatic rings. The maximum absolute atomic E-state index is 12.1. The Labute approximate surface area is 158 Å². The smallest absolute Gasteiger partial charge is 0.230 e. The number of aromatic nitrogens is 4. The number of hydrogen-bond acceptors (Lipinski definition) is 5. The summed E-state index contributed by atoms with van der Waals surface area (Å²) < 4.78 is 1.63. The molecule has 0 aliphatic heterocycles. The second-order valence-corrected chi connectivity index (χ2v) is 7.00. The molecule has 0 bridgehead atoms. The van der Waals surface area contributed by atoms with Crippen LogP contribution in [0.5, 0.6) is 0 Å². The number of carbonyl (C=O) groups is 1. The zero-order chi connectivity index (χ0) is 17.9. The molecular weight excluding hydrogens is 370 g/mol. The number of carbonyl (C=O) groups excluding carboxylic acids is 1. The van der Waals surface area contributed by atoms with Crippen LogP contribution in [-0.4, -0.2) is 31.2 Å². The number of rotatable bonds is 5. The molecule has 0 saturated carbocycles. The Morgan fingerprint density at radius 2 is 2.08 bits per heavy atom. The van der Waals surface area contributed by atoms with Crippen molar-refractivity contribution in [3.63, 3.8) is 0 Å². The third-order valence-electron chi connectivity index (χ3n) is 3.77. The van der Waals surface area contributed by atoms with E-state index in [1.54, 1.807) is 16.9 Å². The molecule has 4 aromatic rings. The summed E-state index contributed by atoms with van der Waals surface area (Å²) in [6.45, 7) is 0.438. The summed E-state index contributed by atoms with van der Waals surface area (Å²) in [7, 11) is 0. The molecule has 26 heavy (non-hydrogen) atoms. The van der Waals surface area contributed by atoms with Crippen LogP contribution in [0.3, 0.4) is 0 Å². The van der Waals surface area contributed by atoms with Gasteiger partial charge in [0.25, 0.3) is 0 Å². The Kier molecular flexibility index (Phi) is 4.73.